The third-order valence-corrected chi connectivity index (χ3v) is 6.54. The van der Waals surface area contributed by atoms with E-state index in [0.29, 0.717) is 28.4 Å². The lowest BCUT2D eigenvalue weighted by Crippen LogP contribution is -2.51. The first kappa shape index (κ1) is 22.9. The molecule has 3 aromatic rings. The van der Waals surface area contributed by atoms with E-state index in [9.17, 15) is 22.0 Å². The minimum absolute atomic E-state index is 0.189. The van der Waals surface area contributed by atoms with Crippen molar-refractivity contribution < 1.29 is 26.7 Å². The Kier molecular flexibility index (Phi) is 5.98. The number of sulfonamides is 1. The van der Waals surface area contributed by atoms with E-state index >= 15 is 0 Å². The summed E-state index contributed by atoms with van der Waals surface area (Å²) >= 11 is 0. The van der Waals surface area contributed by atoms with E-state index in [2.05, 4.69) is 0 Å². The van der Waals surface area contributed by atoms with Gasteiger partial charge in [0.25, 0.3) is 5.56 Å². The van der Waals surface area contributed by atoms with Gasteiger partial charge in [0, 0.05) is 36.0 Å². The fourth-order valence-corrected chi connectivity index (χ4v) is 4.86. The van der Waals surface area contributed by atoms with Crippen LogP contribution in [0.2, 0.25) is 0 Å². The van der Waals surface area contributed by atoms with Gasteiger partial charge in [-0.15, -0.1) is 0 Å². The van der Waals surface area contributed by atoms with Crippen LogP contribution in [0.15, 0.2) is 53.5 Å². The maximum atomic E-state index is 14.3. The topological polar surface area (TPSA) is 77.8 Å². The molecule has 1 aliphatic rings. The molecule has 0 amide bonds. The fourth-order valence-electron chi connectivity index (χ4n) is 3.70. The minimum Gasteiger partial charge on any atom is -0.454 e. The first-order chi connectivity index (χ1) is 15.5. The summed E-state index contributed by atoms with van der Waals surface area (Å²) in [6, 6.07) is 8.92. The van der Waals surface area contributed by atoms with Crippen LogP contribution in [0, 0.1) is 18.6 Å². The molecule has 0 spiro atoms. The summed E-state index contributed by atoms with van der Waals surface area (Å²) in [5.41, 5.74) is 1.65. The molecule has 0 saturated carbocycles. The van der Waals surface area contributed by atoms with Crippen LogP contribution in [0.3, 0.4) is 0 Å². The van der Waals surface area contributed by atoms with E-state index in [4.69, 9.17) is 9.47 Å². The molecular formula is C23H22F2N2O5S. The lowest BCUT2D eigenvalue weighted by Gasteiger charge is -2.37. The van der Waals surface area contributed by atoms with Crippen molar-refractivity contribution in [2.24, 2.45) is 7.05 Å². The summed E-state index contributed by atoms with van der Waals surface area (Å²) in [6.45, 7) is 2.19. The second-order valence-electron chi connectivity index (χ2n) is 7.94. The molecule has 0 bridgehead atoms. The van der Waals surface area contributed by atoms with Crippen molar-refractivity contribution in [3.63, 3.8) is 0 Å². The Hall–Kier alpha value is -3.24. The Morgan fingerprint density at radius 3 is 2.36 bits per heavy atom. The summed E-state index contributed by atoms with van der Waals surface area (Å²) in [6.07, 6.45) is 2.69. The lowest BCUT2D eigenvalue weighted by molar-refractivity contribution is 0.0145. The molecule has 7 nitrogen and oxygen atoms in total. The number of ether oxygens (including phenoxy) is 2. The third-order valence-electron chi connectivity index (χ3n) is 5.31. The SMILES string of the molecule is Cc1cc(-c2cc(N(C3COC3)S(C)(=O)=O)ccc2Oc2ccc(F)cc2F)cn(C)c1=O. The zero-order valence-corrected chi connectivity index (χ0v) is 19.0. The zero-order valence-electron chi connectivity index (χ0n) is 18.2. The summed E-state index contributed by atoms with van der Waals surface area (Å²) in [5.74, 6) is -1.61. The molecule has 1 aliphatic heterocycles. The molecule has 0 N–H and O–H groups in total. The van der Waals surface area contributed by atoms with Gasteiger partial charge in [-0.25, -0.2) is 17.2 Å². The highest BCUT2D eigenvalue weighted by Crippen LogP contribution is 2.38. The summed E-state index contributed by atoms with van der Waals surface area (Å²) in [4.78, 5) is 12.2. The van der Waals surface area contributed by atoms with Gasteiger partial charge in [-0.05, 0) is 43.3 Å². The van der Waals surface area contributed by atoms with E-state index in [1.807, 2.05) is 0 Å². The Morgan fingerprint density at radius 2 is 1.79 bits per heavy atom. The molecule has 0 radical (unpaired) electrons. The molecule has 0 aliphatic carbocycles. The second kappa shape index (κ2) is 8.60. The number of aryl methyl sites for hydroxylation is 2. The Morgan fingerprint density at radius 1 is 1.09 bits per heavy atom. The molecule has 174 valence electrons. The molecule has 33 heavy (non-hydrogen) atoms. The number of aromatic nitrogens is 1. The predicted molar refractivity (Wildman–Crippen MR) is 120 cm³/mol. The van der Waals surface area contributed by atoms with Gasteiger partial charge in [0.05, 0.1) is 31.2 Å². The van der Waals surface area contributed by atoms with Crippen LogP contribution in [0.4, 0.5) is 14.5 Å². The number of hydrogen-bond donors (Lipinski definition) is 0. The number of anilines is 1. The van der Waals surface area contributed by atoms with Crippen LogP contribution in [0.5, 0.6) is 11.5 Å². The number of nitrogens with zero attached hydrogens (tertiary/aromatic N) is 2. The molecule has 1 saturated heterocycles. The number of halogens is 2. The van der Waals surface area contributed by atoms with Crippen molar-refractivity contribution in [2.75, 3.05) is 23.8 Å². The van der Waals surface area contributed by atoms with Crippen LogP contribution < -0.4 is 14.6 Å². The van der Waals surface area contributed by atoms with E-state index in [0.717, 1.165) is 12.3 Å². The average molecular weight is 477 g/mol. The highest BCUT2D eigenvalue weighted by Gasteiger charge is 2.33. The van der Waals surface area contributed by atoms with E-state index in [1.54, 1.807) is 38.4 Å². The van der Waals surface area contributed by atoms with Gasteiger partial charge in [-0.2, -0.15) is 0 Å². The molecule has 1 fully saturated rings. The van der Waals surface area contributed by atoms with Gasteiger partial charge >= 0.3 is 0 Å². The van der Waals surface area contributed by atoms with E-state index in [1.165, 1.54) is 21.0 Å². The number of hydrogen-bond acceptors (Lipinski definition) is 5. The molecular weight excluding hydrogens is 454 g/mol. The van der Waals surface area contributed by atoms with Crippen molar-refractivity contribution in [2.45, 2.75) is 13.0 Å². The van der Waals surface area contributed by atoms with Crippen molar-refractivity contribution in [1.29, 1.82) is 0 Å². The van der Waals surface area contributed by atoms with Crippen molar-refractivity contribution in [1.82, 2.24) is 4.57 Å². The molecule has 1 aromatic heterocycles. The van der Waals surface area contributed by atoms with Gasteiger partial charge in [-0.1, -0.05) is 0 Å². The summed E-state index contributed by atoms with van der Waals surface area (Å²) in [7, 11) is -2.03. The lowest BCUT2D eigenvalue weighted by atomic mass is 10.0. The molecule has 0 atom stereocenters. The maximum Gasteiger partial charge on any atom is 0.253 e. The number of rotatable bonds is 6. The standard InChI is InChI=1S/C23H22F2N2O5S/c1-14-8-15(11-26(2)23(14)28)19-10-17(27(33(3,29)30)18-12-31-13-18)5-7-21(19)32-22-6-4-16(24)9-20(22)25/h4-11,18H,12-13H2,1-3H3. The van der Waals surface area contributed by atoms with Crippen molar-refractivity contribution in [3.8, 4) is 22.6 Å². The molecule has 0 unspecified atom stereocenters. The Balaban J connectivity index is 1.88. The first-order valence-corrected chi connectivity index (χ1v) is 11.9. The van der Waals surface area contributed by atoms with Gasteiger partial charge in [-0.3, -0.25) is 9.10 Å². The van der Waals surface area contributed by atoms with Crippen LogP contribution in [-0.2, 0) is 21.8 Å². The Bertz CT molecular complexity index is 1360. The molecule has 10 heteroatoms. The summed E-state index contributed by atoms with van der Waals surface area (Å²) in [5, 5.41) is 0. The molecule has 4 rings (SSSR count). The maximum absolute atomic E-state index is 14.3. The third kappa shape index (κ3) is 4.62. The Labute approximate surface area is 189 Å². The van der Waals surface area contributed by atoms with Gasteiger partial charge in [0.1, 0.15) is 11.6 Å². The average Bonchev–Trinajstić information content (AvgIpc) is 2.70. The van der Waals surface area contributed by atoms with Gasteiger partial charge in [0.2, 0.25) is 10.0 Å². The van der Waals surface area contributed by atoms with Crippen LogP contribution in [0.1, 0.15) is 5.56 Å². The molecule has 2 aromatic carbocycles. The van der Waals surface area contributed by atoms with E-state index < -0.39 is 21.7 Å². The normalized spacial score (nSPS) is 14.1. The van der Waals surface area contributed by atoms with Crippen molar-refractivity contribution in [3.05, 3.63) is 76.2 Å². The zero-order chi connectivity index (χ0) is 23.9. The summed E-state index contributed by atoms with van der Waals surface area (Å²) < 4.78 is 66.3. The largest absolute Gasteiger partial charge is 0.454 e. The monoisotopic (exact) mass is 476 g/mol. The fraction of sp³-hybridized carbons (Fsp3) is 0.261. The van der Waals surface area contributed by atoms with Gasteiger partial charge in [0.15, 0.2) is 11.6 Å². The smallest absolute Gasteiger partial charge is 0.253 e. The van der Waals surface area contributed by atoms with Crippen LogP contribution in [-0.4, -0.2) is 38.5 Å². The number of pyridine rings is 1. The van der Waals surface area contributed by atoms with Crippen LogP contribution in [0.25, 0.3) is 11.1 Å². The second-order valence-corrected chi connectivity index (χ2v) is 9.79. The van der Waals surface area contributed by atoms with Crippen LogP contribution >= 0.6 is 0 Å². The quantitative estimate of drug-likeness (QED) is 0.543. The number of benzene rings is 2. The van der Waals surface area contributed by atoms with E-state index in [-0.39, 0.29) is 36.3 Å². The molecule has 2 heterocycles. The predicted octanol–water partition coefficient (Wildman–Crippen LogP) is 3.60. The first-order valence-electron chi connectivity index (χ1n) is 10.1. The highest BCUT2D eigenvalue weighted by molar-refractivity contribution is 7.92. The highest BCUT2D eigenvalue weighted by atomic mass is 32.2. The van der Waals surface area contributed by atoms with Crippen molar-refractivity contribution >= 4 is 15.7 Å². The van der Waals surface area contributed by atoms with Gasteiger partial charge < -0.3 is 14.0 Å². The minimum atomic E-state index is -3.63.